The summed E-state index contributed by atoms with van der Waals surface area (Å²) >= 11 is 0. The van der Waals surface area contributed by atoms with E-state index in [1.807, 2.05) is 0 Å². The average Bonchev–Trinajstić information content (AvgIpc) is 2.89. The second-order valence-electron chi connectivity index (χ2n) is 3.84. The molecular formula is C12H11N3O4. The van der Waals surface area contributed by atoms with Crippen LogP contribution < -0.4 is 5.32 Å². The first-order valence-corrected chi connectivity index (χ1v) is 5.39. The Morgan fingerprint density at radius 1 is 1.16 bits per heavy atom. The van der Waals surface area contributed by atoms with Gasteiger partial charge < -0.3 is 20.5 Å². The monoisotopic (exact) mass is 261 g/mol. The van der Waals surface area contributed by atoms with Crippen LogP contribution in [0.4, 0.5) is 5.69 Å². The number of imidazole rings is 1. The van der Waals surface area contributed by atoms with E-state index in [0.717, 1.165) is 11.8 Å². The number of hydrogen-bond acceptors (Lipinski definition) is 4. The van der Waals surface area contributed by atoms with Crippen molar-refractivity contribution in [3.05, 3.63) is 47.5 Å². The highest BCUT2D eigenvalue weighted by atomic mass is 16.4. The van der Waals surface area contributed by atoms with E-state index in [9.17, 15) is 9.59 Å². The molecule has 2 rings (SSSR count). The molecule has 0 bridgehead atoms. The minimum atomic E-state index is -1.17. The number of aromatic nitrogens is 2. The fraction of sp³-hybridized carbons (Fsp3) is 0.0833. The molecule has 1 aromatic carbocycles. The summed E-state index contributed by atoms with van der Waals surface area (Å²) in [7, 11) is 0. The van der Waals surface area contributed by atoms with Crippen molar-refractivity contribution in [3.63, 3.8) is 0 Å². The lowest BCUT2D eigenvalue weighted by molar-refractivity contribution is 0.0696. The van der Waals surface area contributed by atoms with Crippen molar-refractivity contribution in [1.82, 2.24) is 9.97 Å². The Balaban J connectivity index is 2.23. The third-order valence-electron chi connectivity index (χ3n) is 2.46. The Kier molecular flexibility index (Phi) is 3.46. The van der Waals surface area contributed by atoms with Gasteiger partial charge in [0.25, 0.3) is 0 Å². The summed E-state index contributed by atoms with van der Waals surface area (Å²) in [6, 6.07) is 3.88. The zero-order valence-electron chi connectivity index (χ0n) is 9.75. The van der Waals surface area contributed by atoms with Crippen molar-refractivity contribution in [2.45, 2.75) is 6.54 Å². The van der Waals surface area contributed by atoms with Crippen molar-refractivity contribution in [2.24, 2.45) is 0 Å². The van der Waals surface area contributed by atoms with Gasteiger partial charge in [-0.25, -0.2) is 14.6 Å². The number of carboxylic acids is 2. The lowest BCUT2D eigenvalue weighted by atomic mass is 10.1. The lowest BCUT2D eigenvalue weighted by Gasteiger charge is -2.07. The number of aromatic carboxylic acids is 2. The van der Waals surface area contributed by atoms with E-state index < -0.39 is 11.9 Å². The normalized spacial score (nSPS) is 10.1. The van der Waals surface area contributed by atoms with Gasteiger partial charge in [-0.1, -0.05) is 0 Å². The molecule has 7 heteroatoms. The van der Waals surface area contributed by atoms with E-state index in [1.54, 1.807) is 6.20 Å². The molecule has 0 saturated heterocycles. The molecule has 19 heavy (non-hydrogen) atoms. The summed E-state index contributed by atoms with van der Waals surface area (Å²) in [5.41, 5.74) is 1.07. The minimum absolute atomic E-state index is 0.0768. The summed E-state index contributed by atoms with van der Waals surface area (Å²) in [5.74, 6) is -2.35. The van der Waals surface area contributed by atoms with Gasteiger partial charge in [0.05, 0.1) is 29.7 Å². The van der Waals surface area contributed by atoms with E-state index in [1.165, 1.54) is 18.5 Å². The number of hydrogen-bond donors (Lipinski definition) is 4. The van der Waals surface area contributed by atoms with Crippen LogP contribution in [0.3, 0.4) is 0 Å². The van der Waals surface area contributed by atoms with Crippen molar-refractivity contribution < 1.29 is 19.8 Å². The molecule has 0 unspecified atom stereocenters. The largest absolute Gasteiger partial charge is 0.478 e. The van der Waals surface area contributed by atoms with Gasteiger partial charge in [-0.2, -0.15) is 0 Å². The third-order valence-corrected chi connectivity index (χ3v) is 2.46. The van der Waals surface area contributed by atoms with E-state index in [2.05, 4.69) is 15.3 Å². The zero-order valence-corrected chi connectivity index (χ0v) is 9.75. The number of carbonyl (C=O) groups is 2. The molecule has 0 radical (unpaired) electrons. The molecule has 7 nitrogen and oxygen atoms in total. The summed E-state index contributed by atoms with van der Waals surface area (Å²) in [6.07, 6.45) is 3.14. The maximum atomic E-state index is 10.9. The highest BCUT2D eigenvalue weighted by molar-refractivity contribution is 5.95. The Bertz CT molecular complexity index is 575. The third kappa shape index (κ3) is 3.09. The van der Waals surface area contributed by atoms with Crippen molar-refractivity contribution in [2.75, 3.05) is 5.32 Å². The summed E-state index contributed by atoms with van der Waals surface area (Å²) in [4.78, 5) is 28.6. The first-order valence-electron chi connectivity index (χ1n) is 5.39. The molecule has 0 spiro atoms. The number of benzene rings is 1. The molecule has 1 heterocycles. The van der Waals surface area contributed by atoms with Crippen LogP contribution >= 0.6 is 0 Å². The molecule has 0 atom stereocenters. The summed E-state index contributed by atoms with van der Waals surface area (Å²) in [5, 5.41) is 20.8. The molecule has 1 aromatic heterocycles. The lowest BCUT2D eigenvalue weighted by Crippen LogP contribution is -2.06. The molecule has 0 aliphatic heterocycles. The van der Waals surface area contributed by atoms with Gasteiger partial charge in [-0.3, -0.25) is 0 Å². The molecule has 0 amide bonds. The number of aromatic amines is 1. The van der Waals surface area contributed by atoms with Crippen LogP contribution in [-0.2, 0) is 6.54 Å². The van der Waals surface area contributed by atoms with Crippen LogP contribution in [0.1, 0.15) is 26.4 Å². The summed E-state index contributed by atoms with van der Waals surface area (Å²) < 4.78 is 0. The van der Waals surface area contributed by atoms with Crippen LogP contribution in [0, 0.1) is 0 Å². The molecule has 0 aliphatic rings. The van der Waals surface area contributed by atoms with E-state index in [4.69, 9.17) is 10.2 Å². The number of carboxylic acid groups (broad SMARTS) is 2. The van der Waals surface area contributed by atoms with Crippen LogP contribution in [0.5, 0.6) is 0 Å². The summed E-state index contributed by atoms with van der Waals surface area (Å²) in [6.45, 7) is 0.391. The second-order valence-corrected chi connectivity index (χ2v) is 3.84. The van der Waals surface area contributed by atoms with E-state index in [0.29, 0.717) is 12.2 Å². The van der Waals surface area contributed by atoms with Gasteiger partial charge in [-0.05, 0) is 18.2 Å². The standard InChI is InChI=1S/C12H11N3O4/c16-11(17)7-1-8(12(18)19)3-9(2-7)14-5-10-4-13-6-15-10/h1-4,6,14H,5H2,(H,13,15)(H,16,17)(H,18,19). The van der Waals surface area contributed by atoms with Gasteiger partial charge in [0.2, 0.25) is 0 Å². The number of anilines is 1. The van der Waals surface area contributed by atoms with Crippen molar-refractivity contribution in [1.29, 1.82) is 0 Å². The smallest absolute Gasteiger partial charge is 0.335 e. The Morgan fingerprint density at radius 2 is 1.79 bits per heavy atom. The van der Waals surface area contributed by atoms with Gasteiger partial charge in [0.15, 0.2) is 0 Å². The second kappa shape index (κ2) is 5.21. The van der Waals surface area contributed by atoms with Gasteiger partial charge in [0.1, 0.15) is 0 Å². The molecule has 4 N–H and O–H groups in total. The Labute approximate surface area is 107 Å². The molecular weight excluding hydrogens is 250 g/mol. The number of nitrogens with zero attached hydrogens (tertiary/aromatic N) is 1. The fourth-order valence-corrected chi connectivity index (χ4v) is 1.56. The van der Waals surface area contributed by atoms with Gasteiger partial charge in [-0.15, -0.1) is 0 Å². The van der Waals surface area contributed by atoms with Crippen molar-refractivity contribution >= 4 is 17.6 Å². The molecule has 98 valence electrons. The van der Waals surface area contributed by atoms with Gasteiger partial charge >= 0.3 is 11.9 Å². The van der Waals surface area contributed by atoms with E-state index >= 15 is 0 Å². The number of H-pyrrole nitrogens is 1. The van der Waals surface area contributed by atoms with E-state index in [-0.39, 0.29) is 11.1 Å². The Morgan fingerprint density at radius 3 is 2.26 bits per heavy atom. The number of rotatable bonds is 5. The average molecular weight is 261 g/mol. The predicted octanol–water partition coefficient (Wildman–Crippen LogP) is 1.42. The Hall–Kier alpha value is -2.83. The maximum Gasteiger partial charge on any atom is 0.335 e. The van der Waals surface area contributed by atoms with Crippen LogP contribution in [0.25, 0.3) is 0 Å². The van der Waals surface area contributed by atoms with Crippen LogP contribution in [0.2, 0.25) is 0 Å². The molecule has 0 aliphatic carbocycles. The SMILES string of the molecule is O=C(O)c1cc(NCc2cnc[nH]2)cc(C(=O)O)c1. The highest BCUT2D eigenvalue weighted by Gasteiger charge is 2.11. The fourth-order valence-electron chi connectivity index (χ4n) is 1.56. The molecule has 2 aromatic rings. The van der Waals surface area contributed by atoms with Crippen LogP contribution in [-0.4, -0.2) is 32.1 Å². The molecule has 0 saturated carbocycles. The van der Waals surface area contributed by atoms with Gasteiger partial charge in [0, 0.05) is 11.9 Å². The highest BCUT2D eigenvalue weighted by Crippen LogP contribution is 2.16. The number of nitrogens with one attached hydrogen (secondary N) is 2. The minimum Gasteiger partial charge on any atom is -0.478 e. The first kappa shape index (κ1) is 12.6. The molecule has 0 fully saturated rings. The van der Waals surface area contributed by atoms with Crippen LogP contribution in [0.15, 0.2) is 30.7 Å². The van der Waals surface area contributed by atoms with Crippen molar-refractivity contribution in [3.8, 4) is 0 Å². The first-order chi connectivity index (χ1) is 9.06. The topological polar surface area (TPSA) is 115 Å². The maximum absolute atomic E-state index is 10.9. The predicted molar refractivity (Wildman–Crippen MR) is 66.3 cm³/mol. The zero-order chi connectivity index (χ0) is 13.8. The quantitative estimate of drug-likeness (QED) is 0.647.